The van der Waals surface area contributed by atoms with Crippen LogP contribution in [0.25, 0.3) is 0 Å². The van der Waals surface area contributed by atoms with E-state index < -0.39 is 0 Å². The first-order chi connectivity index (χ1) is 12.0. The van der Waals surface area contributed by atoms with Crippen LogP contribution in [0.15, 0.2) is 47.6 Å². The van der Waals surface area contributed by atoms with Gasteiger partial charge in [0, 0.05) is 17.3 Å². The summed E-state index contributed by atoms with van der Waals surface area (Å²) < 4.78 is 10.5. The maximum Gasteiger partial charge on any atom is 0.259 e. The van der Waals surface area contributed by atoms with Crippen molar-refractivity contribution < 1.29 is 14.3 Å². The van der Waals surface area contributed by atoms with Crippen molar-refractivity contribution in [3.8, 4) is 11.5 Å². The highest BCUT2D eigenvalue weighted by Crippen LogP contribution is 2.25. The summed E-state index contributed by atoms with van der Waals surface area (Å²) in [4.78, 5) is 12.0. The third kappa shape index (κ3) is 4.97. The lowest BCUT2D eigenvalue weighted by molar-refractivity contribution is -0.119. The van der Waals surface area contributed by atoms with Crippen molar-refractivity contribution in [3.05, 3.63) is 53.6 Å². The third-order valence-electron chi connectivity index (χ3n) is 3.73. The van der Waals surface area contributed by atoms with Gasteiger partial charge in [0.05, 0.1) is 26.5 Å². The number of carbonyl (C=O) groups excluding carboxylic acids is 1. The van der Waals surface area contributed by atoms with Gasteiger partial charge in [0.1, 0.15) is 11.5 Å². The van der Waals surface area contributed by atoms with Crippen molar-refractivity contribution in [1.29, 1.82) is 0 Å². The van der Waals surface area contributed by atoms with E-state index in [1.54, 1.807) is 27.2 Å². The van der Waals surface area contributed by atoms with Crippen molar-refractivity contribution in [2.75, 3.05) is 26.1 Å². The molecule has 0 aromatic heterocycles. The molecule has 2 rings (SSSR count). The topological polar surface area (TPSA) is 72.0 Å². The van der Waals surface area contributed by atoms with Gasteiger partial charge in [-0.2, -0.15) is 5.10 Å². The second-order valence-corrected chi connectivity index (χ2v) is 5.47. The smallest absolute Gasteiger partial charge is 0.259 e. The summed E-state index contributed by atoms with van der Waals surface area (Å²) in [6.45, 7) is 3.93. The zero-order valence-electron chi connectivity index (χ0n) is 14.9. The number of nitrogens with one attached hydrogen (secondary N) is 2. The van der Waals surface area contributed by atoms with Crippen molar-refractivity contribution in [2.45, 2.75) is 13.8 Å². The molecule has 2 aromatic carbocycles. The van der Waals surface area contributed by atoms with E-state index >= 15 is 0 Å². The van der Waals surface area contributed by atoms with Crippen LogP contribution in [-0.2, 0) is 4.79 Å². The first-order valence-corrected chi connectivity index (χ1v) is 7.90. The number of hydrogen-bond donors (Lipinski definition) is 2. The zero-order valence-corrected chi connectivity index (χ0v) is 14.9. The summed E-state index contributed by atoms with van der Waals surface area (Å²) in [5.41, 5.74) is 5.99. The van der Waals surface area contributed by atoms with Gasteiger partial charge >= 0.3 is 0 Å². The number of nitrogens with zero attached hydrogens (tertiary/aromatic N) is 1. The van der Waals surface area contributed by atoms with Crippen LogP contribution in [0.3, 0.4) is 0 Å². The quantitative estimate of drug-likeness (QED) is 0.600. The number of aryl methyl sites for hydroxylation is 1. The fourth-order valence-corrected chi connectivity index (χ4v) is 2.29. The van der Waals surface area contributed by atoms with Crippen LogP contribution in [-0.4, -0.2) is 32.4 Å². The minimum absolute atomic E-state index is 0.140. The van der Waals surface area contributed by atoms with E-state index in [-0.39, 0.29) is 12.5 Å². The highest BCUT2D eigenvalue weighted by molar-refractivity contribution is 6.01. The largest absolute Gasteiger partial charge is 0.497 e. The number of methoxy groups -OCH3 is 2. The van der Waals surface area contributed by atoms with Gasteiger partial charge in [-0.3, -0.25) is 4.79 Å². The second kappa shape index (κ2) is 8.73. The Hall–Kier alpha value is -3.02. The molecular formula is C19H23N3O3. The fraction of sp³-hybridized carbons (Fsp3) is 0.263. The Labute approximate surface area is 147 Å². The summed E-state index contributed by atoms with van der Waals surface area (Å²) in [7, 11) is 3.17. The first kappa shape index (κ1) is 18.3. The molecule has 25 heavy (non-hydrogen) atoms. The lowest BCUT2D eigenvalue weighted by atomic mass is 10.1. The summed E-state index contributed by atoms with van der Waals surface area (Å²) >= 11 is 0. The Morgan fingerprint density at radius 2 is 1.88 bits per heavy atom. The number of benzene rings is 2. The van der Waals surface area contributed by atoms with Crippen LogP contribution in [0.1, 0.15) is 18.1 Å². The predicted octanol–water partition coefficient (Wildman–Crippen LogP) is 2.96. The molecular weight excluding hydrogens is 318 g/mol. The van der Waals surface area contributed by atoms with E-state index in [0.29, 0.717) is 17.2 Å². The monoisotopic (exact) mass is 341 g/mol. The standard InChI is InChI=1S/C19H23N3O3/c1-13-7-5-6-8-17(13)20-12-19(23)22-21-14(2)16-10-9-15(24-3)11-18(16)25-4/h5-11,20H,12H2,1-4H3,(H,22,23). The molecule has 0 spiro atoms. The van der Waals surface area contributed by atoms with Crippen molar-refractivity contribution in [1.82, 2.24) is 5.43 Å². The summed E-state index contributed by atoms with van der Waals surface area (Å²) in [5.74, 6) is 1.10. The highest BCUT2D eigenvalue weighted by Gasteiger charge is 2.09. The highest BCUT2D eigenvalue weighted by atomic mass is 16.5. The van der Waals surface area contributed by atoms with Gasteiger partial charge in [-0.05, 0) is 37.6 Å². The van der Waals surface area contributed by atoms with Crippen LogP contribution in [0.2, 0.25) is 0 Å². The number of ether oxygens (including phenoxy) is 2. The third-order valence-corrected chi connectivity index (χ3v) is 3.73. The Kier molecular flexibility index (Phi) is 6.39. The maximum atomic E-state index is 12.0. The molecule has 0 saturated heterocycles. The van der Waals surface area contributed by atoms with Gasteiger partial charge in [0.25, 0.3) is 5.91 Å². The van der Waals surface area contributed by atoms with Gasteiger partial charge in [0.15, 0.2) is 0 Å². The van der Waals surface area contributed by atoms with Crippen molar-refractivity contribution >= 4 is 17.3 Å². The number of rotatable bonds is 7. The molecule has 0 bridgehead atoms. The molecule has 0 radical (unpaired) electrons. The number of para-hydroxylation sites is 1. The van der Waals surface area contributed by atoms with Gasteiger partial charge in [-0.25, -0.2) is 5.43 Å². The van der Waals surface area contributed by atoms with E-state index in [9.17, 15) is 4.79 Å². The van der Waals surface area contributed by atoms with E-state index in [1.165, 1.54) is 0 Å². The number of amides is 1. The van der Waals surface area contributed by atoms with Crippen molar-refractivity contribution in [2.24, 2.45) is 5.10 Å². The number of anilines is 1. The molecule has 0 atom stereocenters. The van der Waals surface area contributed by atoms with E-state index in [1.807, 2.05) is 43.3 Å². The molecule has 0 heterocycles. The van der Waals surface area contributed by atoms with Gasteiger partial charge in [0.2, 0.25) is 0 Å². The van der Waals surface area contributed by atoms with Gasteiger partial charge in [-0.1, -0.05) is 18.2 Å². The van der Waals surface area contributed by atoms with Crippen LogP contribution >= 0.6 is 0 Å². The van der Waals surface area contributed by atoms with E-state index in [0.717, 1.165) is 16.8 Å². The van der Waals surface area contributed by atoms with Gasteiger partial charge < -0.3 is 14.8 Å². The molecule has 0 aliphatic rings. The van der Waals surface area contributed by atoms with Crippen molar-refractivity contribution in [3.63, 3.8) is 0 Å². The molecule has 0 unspecified atom stereocenters. The molecule has 2 aromatic rings. The minimum atomic E-state index is -0.227. The Morgan fingerprint density at radius 1 is 1.12 bits per heavy atom. The second-order valence-electron chi connectivity index (χ2n) is 5.47. The Balaban J connectivity index is 1.98. The lowest BCUT2D eigenvalue weighted by Gasteiger charge is -2.11. The summed E-state index contributed by atoms with van der Waals surface area (Å²) in [6, 6.07) is 13.2. The Bertz CT molecular complexity index is 772. The Morgan fingerprint density at radius 3 is 2.56 bits per heavy atom. The average molecular weight is 341 g/mol. The van der Waals surface area contributed by atoms with Crippen LogP contribution < -0.4 is 20.2 Å². The molecule has 0 aliphatic heterocycles. The molecule has 0 saturated carbocycles. The number of hydrogen-bond acceptors (Lipinski definition) is 5. The summed E-state index contributed by atoms with van der Waals surface area (Å²) in [6.07, 6.45) is 0. The first-order valence-electron chi connectivity index (χ1n) is 7.90. The molecule has 0 aliphatic carbocycles. The minimum Gasteiger partial charge on any atom is -0.497 e. The number of carbonyl (C=O) groups is 1. The van der Waals surface area contributed by atoms with E-state index in [2.05, 4.69) is 15.8 Å². The molecule has 6 heteroatoms. The predicted molar refractivity (Wildman–Crippen MR) is 99.6 cm³/mol. The van der Waals surface area contributed by atoms with Gasteiger partial charge in [-0.15, -0.1) is 0 Å². The normalized spacial score (nSPS) is 11.0. The SMILES string of the molecule is COc1ccc(C(C)=NNC(=O)CNc2ccccc2C)c(OC)c1. The summed E-state index contributed by atoms with van der Waals surface area (Å²) in [5, 5.41) is 7.24. The molecule has 6 nitrogen and oxygen atoms in total. The van der Waals surface area contributed by atoms with Crippen LogP contribution in [0.5, 0.6) is 11.5 Å². The van der Waals surface area contributed by atoms with Crippen LogP contribution in [0.4, 0.5) is 5.69 Å². The fourth-order valence-electron chi connectivity index (χ4n) is 2.29. The molecule has 1 amide bonds. The maximum absolute atomic E-state index is 12.0. The van der Waals surface area contributed by atoms with E-state index in [4.69, 9.17) is 9.47 Å². The molecule has 0 fully saturated rings. The van der Waals surface area contributed by atoms with Crippen LogP contribution in [0, 0.1) is 6.92 Å². The average Bonchev–Trinajstić information content (AvgIpc) is 2.64. The lowest BCUT2D eigenvalue weighted by Crippen LogP contribution is -2.27. The zero-order chi connectivity index (χ0) is 18.2. The molecule has 2 N–H and O–H groups in total. The number of hydrazone groups is 1. The molecule has 132 valence electrons.